The number of benzene rings is 1. The molecule has 294 valence electrons. The van der Waals surface area contributed by atoms with Gasteiger partial charge in [-0.3, -0.25) is 9.05 Å². The van der Waals surface area contributed by atoms with E-state index in [1.807, 2.05) is 6.07 Å². The number of nitrogens with zero attached hydrogens (tertiary/aromatic N) is 4. The highest BCUT2D eigenvalue weighted by molar-refractivity contribution is 7.47. The van der Waals surface area contributed by atoms with Crippen molar-refractivity contribution in [1.29, 1.82) is 5.26 Å². The third-order valence-electron chi connectivity index (χ3n) is 9.97. The zero-order valence-electron chi connectivity index (χ0n) is 31.1. The van der Waals surface area contributed by atoms with Crippen LogP contribution in [0.3, 0.4) is 0 Å². The van der Waals surface area contributed by atoms with Gasteiger partial charge in [-0.15, -0.1) is 0 Å². The molecule has 1 aliphatic heterocycles. The number of fused-ring (bicyclic) bond motifs is 1. The average molecular weight is 762 g/mol. The fourth-order valence-electron chi connectivity index (χ4n) is 6.77. The SMILES string of the molecule is CCCCCCCCCCCCCCCC[C@@H](COP(=O)(O)OC[C@@]1(C)OC[C@](O)(c2ccc3c(N)ncnn23)[C@@H]1O)OCc1cc(F)cc(C#N)c1. The summed E-state index contributed by atoms with van der Waals surface area (Å²) in [5, 5.41) is 36.1. The predicted molar refractivity (Wildman–Crippen MR) is 198 cm³/mol. The lowest BCUT2D eigenvalue weighted by molar-refractivity contribution is -0.100. The van der Waals surface area contributed by atoms with Crippen LogP contribution in [0, 0.1) is 17.1 Å². The first-order chi connectivity index (χ1) is 25.4. The maximum atomic E-state index is 14.0. The summed E-state index contributed by atoms with van der Waals surface area (Å²) in [5.41, 5.74) is 3.61. The van der Waals surface area contributed by atoms with E-state index >= 15 is 0 Å². The van der Waals surface area contributed by atoms with E-state index in [1.165, 1.54) is 94.1 Å². The number of nitrogen functional groups attached to an aromatic ring is 1. The summed E-state index contributed by atoms with van der Waals surface area (Å²) in [6, 6.07) is 9.01. The number of rotatable bonds is 25. The zero-order chi connectivity index (χ0) is 38.3. The molecule has 4 rings (SSSR count). The van der Waals surface area contributed by atoms with Gasteiger partial charge >= 0.3 is 7.82 Å². The number of aliphatic hydroxyl groups excluding tert-OH is 1. The van der Waals surface area contributed by atoms with Crippen molar-refractivity contribution >= 4 is 19.2 Å². The molecule has 5 atom stereocenters. The summed E-state index contributed by atoms with van der Waals surface area (Å²) in [4.78, 5) is 14.6. The Morgan fingerprint density at radius 1 is 1.06 bits per heavy atom. The largest absolute Gasteiger partial charge is 0.472 e. The van der Waals surface area contributed by atoms with Crippen molar-refractivity contribution in [3.8, 4) is 6.07 Å². The lowest BCUT2D eigenvalue weighted by atomic mass is 9.86. The van der Waals surface area contributed by atoms with Crippen LogP contribution in [0.5, 0.6) is 0 Å². The Morgan fingerprint density at radius 3 is 2.34 bits per heavy atom. The maximum Gasteiger partial charge on any atom is 0.472 e. The van der Waals surface area contributed by atoms with E-state index in [-0.39, 0.29) is 36.9 Å². The van der Waals surface area contributed by atoms with Gasteiger partial charge in [0.1, 0.15) is 29.4 Å². The Morgan fingerprint density at radius 2 is 1.70 bits per heavy atom. The first-order valence-corrected chi connectivity index (χ1v) is 20.5. The Balaban J connectivity index is 1.25. The van der Waals surface area contributed by atoms with Crippen LogP contribution in [0.4, 0.5) is 10.2 Å². The number of ether oxygens (including phenoxy) is 2. The minimum Gasteiger partial charge on any atom is -0.386 e. The number of anilines is 1. The summed E-state index contributed by atoms with van der Waals surface area (Å²) >= 11 is 0. The number of aliphatic hydroxyl groups is 2. The number of phosphoric ester groups is 1. The van der Waals surface area contributed by atoms with Crippen LogP contribution in [0.1, 0.15) is 127 Å². The van der Waals surface area contributed by atoms with E-state index in [4.69, 9.17) is 24.3 Å². The van der Waals surface area contributed by atoms with Gasteiger partial charge in [0.15, 0.2) is 11.4 Å². The summed E-state index contributed by atoms with van der Waals surface area (Å²) in [5.74, 6) is -0.378. The van der Waals surface area contributed by atoms with Crippen molar-refractivity contribution in [2.75, 3.05) is 25.6 Å². The minimum absolute atomic E-state index is 0.0304. The van der Waals surface area contributed by atoms with E-state index in [0.717, 1.165) is 31.7 Å². The average Bonchev–Trinajstić information content (AvgIpc) is 3.68. The lowest BCUT2D eigenvalue weighted by Crippen LogP contribution is -2.49. The van der Waals surface area contributed by atoms with Crippen LogP contribution < -0.4 is 5.73 Å². The van der Waals surface area contributed by atoms with E-state index in [9.17, 15) is 29.3 Å². The van der Waals surface area contributed by atoms with Gasteiger partial charge in [0.25, 0.3) is 0 Å². The van der Waals surface area contributed by atoms with Gasteiger partial charge in [-0.05, 0) is 49.2 Å². The van der Waals surface area contributed by atoms with Crippen LogP contribution in [0.25, 0.3) is 5.52 Å². The van der Waals surface area contributed by atoms with Crippen molar-refractivity contribution in [3.63, 3.8) is 0 Å². The minimum atomic E-state index is -4.70. The highest BCUT2D eigenvalue weighted by Gasteiger charge is 2.58. The number of nitrogens with two attached hydrogens (primary N) is 1. The number of hydrogen-bond donors (Lipinski definition) is 4. The number of aromatic nitrogens is 3. The highest BCUT2D eigenvalue weighted by atomic mass is 31.2. The molecule has 0 bridgehead atoms. The van der Waals surface area contributed by atoms with Crippen molar-refractivity contribution < 1.29 is 42.6 Å². The van der Waals surface area contributed by atoms with E-state index in [2.05, 4.69) is 17.0 Å². The molecule has 15 heteroatoms. The second-order valence-electron chi connectivity index (χ2n) is 14.4. The molecule has 0 saturated carbocycles. The van der Waals surface area contributed by atoms with E-state index in [0.29, 0.717) is 17.5 Å². The Bertz CT molecular complexity index is 1670. The van der Waals surface area contributed by atoms with Crippen LogP contribution >= 0.6 is 7.82 Å². The second kappa shape index (κ2) is 20.6. The molecule has 0 spiro atoms. The molecule has 1 unspecified atom stereocenters. The third-order valence-corrected chi connectivity index (χ3v) is 10.9. The molecule has 53 heavy (non-hydrogen) atoms. The van der Waals surface area contributed by atoms with Crippen molar-refractivity contribution in [3.05, 3.63) is 59.3 Å². The van der Waals surface area contributed by atoms with Crippen molar-refractivity contribution in [2.24, 2.45) is 0 Å². The van der Waals surface area contributed by atoms with Crippen LogP contribution in [-0.4, -0.2) is 67.3 Å². The smallest absolute Gasteiger partial charge is 0.386 e. The molecule has 1 aromatic carbocycles. The molecule has 0 aliphatic carbocycles. The fourth-order valence-corrected chi connectivity index (χ4v) is 7.62. The number of unbranched alkanes of at least 4 members (excludes halogenated alkanes) is 13. The summed E-state index contributed by atoms with van der Waals surface area (Å²) < 4.78 is 50.9. The molecule has 5 N–H and O–H groups in total. The first-order valence-electron chi connectivity index (χ1n) is 19.0. The number of halogens is 1. The molecule has 0 radical (unpaired) electrons. The van der Waals surface area contributed by atoms with E-state index in [1.54, 1.807) is 12.1 Å². The topological polar surface area (TPSA) is 195 Å². The Labute approximate surface area is 312 Å². The molecule has 1 aliphatic rings. The van der Waals surface area contributed by atoms with Gasteiger partial charge in [0.05, 0.1) is 49.9 Å². The summed E-state index contributed by atoms with van der Waals surface area (Å²) in [6.07, 6.45) is 16.5. The van der Waals surface area contributed by atoms with Crippen LogP contribution in [-0.2, 0) is 35.3 Å². The van der Waals surface area contributed by atoms with Gasteiger partial charge in [-0.25, -0.2) is 18.5 Å². The monoisotopic (exact) mass is 761 g/mol. The molecular weight excluding hydrogens is 704 g/mol. The normalized spacial score (nSPS) is 21.9. The quantitative estimate of drug-likeness (QED) is 0.0500. The van der Waals surface area contributed by atoms with Crippen LogP contribution in [0.2, 0.25) is 0 Å². The molecule has 0 amide bonds. The molecule has 3 heterocycles. The predicted octanol–water partition coefficient (Wildman–Crippen LogP) is 7.25. The van der Waals surface area contributed by atoms with Crippen molar-refractivity contribution in [1.82, 2.24) is 14.6 Å². The highest BCUT2D eigenvalue weighted by Crippen LogP contribution is 2.48. The molecule has 3 aromatic rings. The summed E-state index contributed by atoms with van der Waals surface area (Å²) in [7, 11) is -4.70. The fraction of sp³-hybridized carbons (Fsp3) is 0.658. The number of nitriles is 1. The standard InChI is InChI=1S/C38H57FN5O8P/c1-3-4-5-6-7-8-9-10-11-12-13-14-15-16-17-32(49-24-30-20-29(23-40)21-31(39)22-30)25-51-53(47,48)52-26-37(2)36(45)38(46,27-50-37)34-19-18-33-35(41)42-28-43-44(33)34/h18-22,28,32,36,45-46H,3-17,24-27H2,1-2H3,(H,47,48)(H2,41,42,43)/t32-,36+,37+,38-/m0/s1. The van der Waals surface area contributed by atoms with E-state index < -0.39 is 43.7 Å². The zero-order valence-corrected chi connectivity index (χ0v) is 32.0. The van der Waals surface area contributed by atoms with Gasteiger partial charge in [-0.1, -0.05) is 96.8 Å². The molecule has 1 saturated heterocycles. The van der Waals surface area contributed by atoms with Gasteiger partial charge in [0.2, 0.25) is 0 Å². The van der Waals surface area contributed by atoms with Gasteiger partial charge in [0, 0.05) is 0 Å². The van der Waals surface area contributed by atoms with Gasteiger partial charge < -0.3 is 30.3 Å². The second-order valence-corrected chi connectivity index (χ2v) is 15.9. The van der Waals surface area contributed by atoms with Crippen LogP contribution in [0.15, 0.2) is 36.7 Å². The summed E-state index contributed by atoms with van der Waals surface area (Å²) in [6.45, 7) is 2.41. The third kappa shape index (κ3) is 12.5. The molecule has 1 fully saturated rings. The Kier molecular flexibility index (Phi) is 16.6. The number of phosphoric acid groups is 1. The maximum absolute atomic E-state index is 14.0. The van der Waals surface area contributed by atoms with Crippen molar-refractivity contribution in [2.45, 2.75) is 140 Å². The molecular formula is C38H57FN5O8P. The van der Waals surface area contributed by atoms with Gasteiger partial charge in [-0.2, -0.15) is 10.4 Å². The Hall–Kier alpha value is -2.99. The molecule has 2 aromatic heterocycles. The number of hydrogen-bond acceptors (Lipinski definition) is 11. The molecule has 13 nitrogen and oxygen atoms in total. The first kappa shape index (κ1) is 42.7. The lowest BCUT2D eigenvalue weighted by Gasteiger charge is -2.32.